The highest BCUT2D eigenvalue weighted by molar-refractivity contribution is 5.84. The van der Waals surface area contributed by atoms with Gasteiger partial charge in [-0.1, -0.05) is 205 Å². The lowest BCUT2D eigenvalue weighted by Gasteiger charge is -2.33. The van der Waals surface area contributed by atoms with Crippen molar-refractivity contribution < 1.29 is 0 Å². The molecule has 0 saturated carbocycles. The Bertz CT molecular complexity index is 2650. The van der Waals surface area contributed by atoms with Gasteiger partial charge >= 0.3 is 0 Å². The second-order valence-corrected chi connectivity index (χ2v) is 19.5. The number of hydrogen-bond acceptors (Lipinski definition) is 1. The number of rotatable bonds is 19. The molecule has 326 valence electrons. The summed E-state index contributed by atoms with van der Waals surface area (Å²) in [6.45, 7) is 9.17. The fourth-order valence-corrected chi connectivity index (χ4v) is 11.1. The van der Waals surface area contributed by atoms with Gasteiger partial charge in [-0.3, -0.25) is 0 Å². The largest absolute Gasteiger partial charge is 0.345 e. The number of fused-ring (bicyclic) bond motifs is 4. The molecule has 1 heteroatoms. The molecule has 0 heterocycles. The molecule has 0 fully saturated rings. The van der Waals surface area contributed by atoms with Crippen molar-refractivity contribution in [1.29, 1.82) is 0 Å². The summed E-state index contributed by atoms with van der Waals surface area (Å²) in [6, 6.07) is 60.5. The topological polar surface area (TPSA) is 3.24 Å². The molecule has 0 amide bonds. The summed E-state index contributed by atoms with van der Waals surface area (Å²) in [5.41, 5.74) is 22.2. The molecule has 0 saturated heterocycles. The van der Waals surface area contributed by atoms with Crippen LogP contribution in [0.25, 0.3) is 33.4 Å². The van der Waals surface area contributed by atoms with Crippen LogP contribution >= 0.6 is 0 Å². The van der Waals surface area contributed by atoms with Crippen molar-refractivity contribution in [2.75, 3.05) is 11.9 Å². The highest BCUT2D eigenvalue weighted by Crippen LogP contribution is 2.55. The Balaban J connectivity index is 0.905. The molecule has 0 N–H and O–H groups in total. The van der Waals surface area contributed by atoms with Gasteiger partial charge in [-0.2, -0.15) is 0 Å². The quantitative estimate of drug-likeness (QED) is 0.0734. The van der Waals surface area contributed by atoms with E-state index in [4.69, 9.17) is 0 Å². The van der Waals surface area contributed by atoms with Crippen LogP contribution in [-0.4, -0.2) is 7.05 Å². The smallest absolute Gasteiger partial charge is 0.0411 e. The van der Waals surface area contributed by atoms with E-state index in [0.717, 1.165) is 6.42 Å². The standard InChI is InChI=1S/C63H69N/c1-6-8-9-15-42-63(43-16-11-10-12-17-47-22-25-52-26-27-53(52)44-47)60-19-14-13-18-58(60)59-41-40-57(45-61(59)63)64(5)56-38-32-51(33-39-56)50-30-36-55(37-31-50)62(4,7-2)54-34-28-49(29-35-54)48-23-20-46(3)21-24-48/h13-14,18-25,28-41,44-45H,6-12,15-17,26-27,42-43H2,1-5H3. The van der Waals surface area contributed by atoms with E-state index in [1.807, 2.05) is 0 Å². The van der Waals surface area contributed by atoms with Crippen LogP contribution < -0.4 is 4.90 Å². The molecule has 7 aromatic carbocycles. The summed E-state index contributed by atoms with van der Waals surface area (Å²) < 4.78 is 0. The predicted octanol–water partition coefficient (Wildman–Crippen LogP) is 17.3. The van der Waals surface area contributed by atoms with Crippen molar-refractivity contribution in [3.63, 3.8) is 0 Å². The third kappa shape index (κ3) is 8.76. The van der Waals surface area contributed by atoms with Gasteiger partial charge in [0.25, 0.3) is 0 Å². The fourth-order valence-electron chi connectivity index (χ4n) is 11.1. The summed E-state index contributed by atoms with van der Waals surface area (Å²) in [7, 11) is 2.24. The van der Waals surface area contributed by atoms with Crippen LogP contribution in [0.15, 0.2) is 158 Å². The zero-order valence-corrected chi connectivity index (χ0v) is 39.4. The van der Waals surface area contributed by atoms with Crippen LogP contribution in [0.3, 0.4) is 0 Å². The van der Waals surface area contributed by atoms with E-state index in [2.05, 4.69) is 197 Å². The third-order valence-corrected chi connectivity index (χ3v) is 15.6. The highest BCUT2D eigenvalue weighted by atomic mass is 15.1. The first-order valence-corrected chi connectivity index (χ1v) is 24.8. The second kappa shape index (κ2) is 19.2. The fraction of sp³-hybridized carbons (Fsp3) is 0.333. The van der Waals surface area contributed by atoms with E-state index in [1.165, 1.54) is 150 Å². The zero-order chi connectivity index (χ0) is 44.1. The number of anilines is 2. The Hall–Kier alpha value is -5.66. The average molecular weight is 840 g/mol. The first-order valence-electron chi connectivity index (χ1n) is 24.8. The monoisotopic (exact) mass is 840 g/mol. The van der Waals surface area contributed by atoms with Crippen molar-refractivity contribution >= 4 is 11.4 Å². The number of nitrogens with zero attached hydrogens (tertiary/aromatic N) is 1. The molecular formula is C63H69N. The van der Waals surface area contributed by atoms with Gasteiger partial charge in [-0.15, -0.1) is 0 Å². The third-order valence-electron chi connectivity index (χ3n) is 15.6. The maximum absolute atomic E-state index is 2.56. The lowest BCUT2D eigenvalue weighted by Crippen LogP contribution is -2.26. The van der Waals surface area contributed by atoms with Crippen LogP contribution in [0.1, 0.15) is 136 Å². The minimum atomic E-state index is -0.0654. The zero-order valence-electron chi connectivity index (χ0n) is 39.4. The number of unbranched alkanes of at least 4 members (excludes halogenated alkanes) is 6. The number of hydrogen-bond donors (Lipinski definition) is 0. The van der Waals surface area contributed by atoms with Crippen molar-refractivity contribution in [3.05, 3.63) is 202 Å². The summed E-state index contributed by atoms with van der Waals surface area (Å²) >= 11 is 0. The minimum absolute atomic E-state index is 0.0625. The molecule has 7 aromatic rings. The number of benzene rings is 7. The first-order chi connectivity index (χ1) is 31.3. The van der Waals surface area contributed by atoms with E-state index in [0.29, 0.717) is 0 Å². The molecule has 2 unspecified atom stereocenters. The van der Waals surface area contributed by atoms with Gasteiger partial charge in [0.2, 0.25) is 0 Å². The van der Waals surface area contributed by atoms with E-state index < -0.39 is 0 Å². The number of aryl methyl sites for hydroxylation is 4. The summed E-state index contributed by atoms with van der Waals surface area (Å²) in [4.78, 5) is 2.39. The van der Waals surface area contributed by atoms with E-state index in [-0.39, 0.29) is 10.8 Å². The maximum atomic E-state index is 2.56. The Labute approximate surface area is 385 Å². The van der Waals surface area contributed by atoms with Crippen LogP contribution in [0, 0.1) is 6.92 Å². The van der Waals surface area contributed by atoms with Crippen molar-refractivity contribution in [2.45, 2.75) is 128 Å². The van der Waals surface area contributed by atoms with Crippen molar-refractivity contribution in [3.8, 4) is 33.4 Å². The van der Waals surface area contributed by atoms with E-state index in [9.17, 15) is 0 Å². The minimum Gasteiger partial charge on any atom is -0.345 e. The van der Waals surface area contributed by atoms with Gasteiger partial charge in [0.05, 0.1) is 0 Å². The lowest BCUT2D eigenvalue weighted by atomic mass is 9.70. The molecule has 2 aliphatic carbocycles. The molecule has 64 heavy (non-hydrogen) atoms. The molecule has 0 aliphatic heterocycles. The van der Waals surface area contributed by atoms with E-state index in [1.54, 1.807) is 22.3 Å². The van der Waals surface area contributed by atoms with Gasteiger partial charge in [0, 0.05) is 29.3 Å². The summed E-state index contributed by atoms with van der Waals surface area (Å²) in [6.07, 6.45) is 17.6. The first kappa shape index (κ1) is 43.6. The van der Waals surface area contributed by atoms with Crippen LogP contribution in [-0.2, 0) is 30.1 Å². The Morgan fingerprint density at radius 3 is 1.64 bits per heavy atom. The molecule has 2 atom stereocenters. The average Bonchev–Trinajstić information content (AvgIpc) is 3.60. The van der Waals surface area contributed by atoms with Crippen LogP contribution in [0.4, 0.5) is 11.4 Å². The molecular weight excluding hydrogens is 771 g/mol. The van der Waals surface area contributed by atoms with Gasteiger partial charge in [0.15, 0.2) is 0 Å². The summed E-state index contributed by atoms with van der Waals surface area (Å²) in [5, 5.41) is 0. The molecule has 0 bridgehead atoms. The maximum Gasteiger partial charge on any atom is 0.0411 e. The highest BCUT2D eigenvalue weighted by Gasteiger charge is 2.42. The molecule has 1 nitrogen and oxygen atoms in total. The van der Waals surface area contributed by atoms with Crippen molar-refractivity contribution in [2.24, 2.45) is 0 Å². The second-order valence-electron chi connectivity index (χ2n) is 19.5. The molecule has 0 aromatic heterocycles. The lowest BCUT2D eigenvalue weighted by molar-refractivity contribution is 0.400. The Morgan fingerprint density at radius 2 is 1.05 bits per heavy atom. The normalized spacial score (nSPS) is 15.8. The van der Waals surface area contributed by atoms with Crippen molar-refractivity contribution in [1.82, 2.24) is 0 Å². The van der Waals surface area contributed by atoms with E-state index >= 15 is 0 Å². The van der Waals surface area contributed by atoms with Gasteiger partial charge in [-0.25, -0.2) is 0 Å². The van der Waals surface area contributed by atoms with Gasteiger partial charge in [-0.05, 0) is 148 Å². The Morgan fingerprint density at radius 1 is 0.500 bits per heavy atom. The predicted molar refractivity (Wildman–Crippen MR) is 275 cm³/mol. The summed E-state index contributed by atoms with van der Waals surface area (Å²) in [5.74, 6) is 0. The molecule has 2 aliphatic rings. The molecule has 0 radical (unpaired) electrons. The van der Waals surface area contributed by atoms with Crippen LogP contribution in [0.5, 0.6) is 0 Å². The molecule has 0 spiro atoms. The molecule has 9 rings (SSSR count). The van der Waals surface area contributed by atoms with Crippen LogP contribution in [0.2, 0.25) is 0 Å². The van der Waals surface area contributed by atoms with Gasteiger partial charge < -0.3 is 4.90 Å². The van der Waals surface area contributed by atoms with Gasteiger partial charge in [0.1, 0.15) is 0 Å². The Kier molecular flexibility index (Phi) is 13.1. The SMILES string of the molecule is CCCCCCC1(CCCCCCc2ccc3c(c2)CC3)c2ccccc2-c2ccc(N(C)c3ccc(-c4ccc(C(C)(CC)c5ccc(-c6ccc(C)cc6)cc5)cc4)cc3)cc21.